The highest BCUT2D eigenvalue weighted by Gasteiger charge is 2.24. The van der Waals surface area contributed by atoms with Crippen LogP contribution in [0, 0.1) is 0 Å². The molecule has 0 aliphatic carbocycles. The molecule has 0 unspecified atom stereocenters. The van der Waals surface area contributed by atoms with Crippen LogP contribution in [0.4, 0.5) is 5.69 Å². The second-order valence-electron chi connectivity index (χ2n) is 4.66. The summed E-state index contributed by atoms with van der Waals surface area (Å²) in [6, 6.07) is 12.5. The van der Waals surface area contributed by atoms with Crippen molar-refractivity contribution in [3.8, 4) is 5.75 Å². The van der Waals surface area contributed by atoms with Crippen molar-refractivity contribution < 1.29 is 9.90 Å². The van der Waals surface area contributed by atoms with E-state index < -0.39 is 0 Å². The number of carbonyl (C=O) groups excluding carboxylic acids is 1. The van der Waals surface area contributed by atoms with Gasteiger partial charge in [-0.3, -0.25) is 4.79 Å². The molecule has 1 fully saturated rings. The van der Waals surface area contributed by atoms with E-state index in [0.717, 1.165) is 14.6 Å². The number of nitrogens with zero attached hydrogens (tertiary/aromatic N) is 1. The maximum atomic E-state index is 12.0. The van der Waals surface area contributed by atoms with Crippen LogP contribution in [0.2, 0.25) is 0 Å². The summed E-state index contributed by atoms with van der Waals surface area (Å²) in [6.07, 6.45) is 1.64. The maximum absolute atomic E-state index is 12.0. The molecule has 1 heterocycles. The first-order valence-corrected chi connectivity index (χ1v) is 8.95. The van der Waals surface area contributed by atoms with Crippen molar-refractivity contribution in [1.29, 1.82) is 0 Å². The molecule has 0 spiro atoms. The van der Waals surface area contributed by atoms with Crippen LogP contribution in [-0.4, -0.2) is 16.2 Å². The molecule has 4 nitrogen and oxygen atoms in total. The van der Waals surface area contributed by atoms with Crippen LogP contribution in [0.5, 0.6) is 5.75 Å². The quantitative estimate of drug-likeness (QED) is 0.641. The number of halogens is 2. The van der Waals surface area contributed by atoms with Crippen molar-refractivity contribution in [3.63, 3.8) is 0 Å². The number of aliphatic imine (C=N–C) groups is 1. The Hall–Kier alpha value is -1.57. The Morgan fingerprint density at radius 2 is 1.78 bits per heavy atom. The summed E-state index contributed by atoms with van der Waals surface area (Å²) >= 11 is 7.95. The molecule has 116 valence electrons. The standard InChI is InChI=1S/C16H10Br2N2O2S/c17-10-1-4-12(5-2-10)19-16-20-15(22)14(23-16)8-9-7-11(18)3-6-13(9)21/h1-8,21H,(H,19,20,22). The zero-order valence-electron chi connectivity index (χ0n) is 11.6. The second-order valence-corrected chi connectivity index (χ2v) is 7.52. The predicted molar refractivity (Wildman–Crippen MR) is 101 cm³/mol. The monoisotopic (exact) mass is 452 g/mol. The molecule has 2 aromatic rings. The zero-order valence-corrected chi connectivity index (χ0v) is 15.6. The van der Waals surface area contributed by atoms with E-state index in [0.29, 0.717) is 15.6 Å². The Labute approximate surface area is 154 Å². The Balaban J connectivity index is 1.86. The number of amides is 1. The summed E-state index contributed by atoms with van der Waals surface area (Å²) in [5, 5.41) is 13.1. The number of rotatable bonds is 2. The Morgan fingerprint density at radius 3 is 2.52 bits per heavy atom. The fraction of sp³-hybridized carbons (Fsp3) is 0. The first-order valence-electron chi connectivity index (χ1n) is 6.55. The predicted octanol–water partition coefficient (Wildman–Crippen LogP) is 4.81. The number of hydrogen-bond donors (Lipinski definition) is 2. The fourth-order valence-corrected chi connectivity index (χ4v) is 3.37. The van der Waals surface area contributed by atoms with Gasteiger partial charge < -0.3 is 10.4 Å². The molecule has 0 radical (unpaired) electrons. The van der Waals surface area contributed by atoms with Crippen LogP contribution in [0.25, 0.3) is 6.08 Å². The number of nitrogens with one attached hydrogen (secondary N) is 1. The molecule has 7 heteroatoms. The number of amidine groups is 1. The van der Waals surface area contributed by atoms with Gasteiger partial charge in [-0.15, -0.1) is 0 Å². The highest BCUT2D eigenvalue weighted by Crippen LogP contribution is 2.31. The lowest BCUT2D eigenvalue weighted by Crippen LogP contribution is -2.19. The van der Waals surface area contributed by atoms with Gasteiger partial charge in [0.1, 0.15) is 5.75 Å². The number of carbonyl (C=O) groups is 1. The summed E-state index contributed by atoms with van der Waals surface area (Å²) in [5.74, 6) is -0.113. The molecule has 3 rings (SSSR count). The molecule has 0 saturated carbocycles. The highest BCUT2D eigenvalue weighted by atomic mass is 79.9. The molecule has 0 atom stereocenters. The Morgan fingerprint density at radius 1 is 1.09 bits per heavy atom. The van der Waals surface area contributed by atoms with Crippen LogP contribution < -0.4 is 5.32 Å². The number of hydrogen-bond acceptors (Lipinski definition) is 4. The molecule has 23 heavy (non-hydrogen) atoms. The van der Waals surface area contributed by atoms with Crippen LogP contribution in [-0.2, 0) is 4.79 Å². The average Bonchev–Trinajstić information content (AvgIpc) is 2.85. The smallest absolute Gasteiger partial charge is 0.264 e. The molecule has 0 bridgehead atoms. The molecule has 2 aromatic carbocycles. The zero-order chi connectivity index (χ0) is 16.4. The van der Waals surface area contributed by atoms with Gasteiger partial charge in [-0.05, 0) is 60.3 Å². The van der Waals surface area contributed by atoms with E-state index in [1.54, 1.807) is 24.3 Å². The van der Waals surface area contributed by atoms with Crippen LogP contribution in [0.15, 0.2) is 61.3 Å². The van der Waals surface area contributed by atoms with Gasteiger partial charge in [0, 0.05) is 14.5 Å². The summed E-state index contributed by atoms with van der Waals surface area (Å²) < 4.78 is 1.80. The van der Waals surface area contributed by atoms with Gasteiger partial charge in [-0.25, -0.2) is 4.99 Å². The molecular formula is C16H10Br2N2O2S. The van der Waals surface area contributed by atoms with Crippen molar-refractivity contribution in [2.24, 2.45) is 4.99 Å². The number of phenolic OH excluding ortho intramolecular Hbond substituents is 1. The van der Waals surface area contributed by atoms with Gasteiger partial charge in [0.05, 0.1) is 10.6 Å². The van der Waals surface area contributed by atoms with Gasteiger partial charge in [-0.2, -0.15) is 0 Å². The van der Waals surface area contributed by atoms with Crippen LogP contribution >= 0.6 is 43.6 Å². The topological polar surface area (TPSA) is 61.7 Å². The number of aromatic hydroxyl groups is 1. The lowest BCUT2D eigenvalue weighted by atomic mass is 10.2. The summed E-state index contributed by atoms with van der Waals surface area (Å²) in [7, 11) is 0. The minimum absolute atomic E-state index is 0.118. The van der Waals surface area contributed by atoms with Crippen molar-refractivity contribution in [1.82, 2.24) is 5.32 Å². The van der Waals surface area contributed by atoms with E-state index in [1.807, 2.05) is 24.3 Å². The number of thioether (sulfide) groups is 1. The number of benzene rings is 2. The van der Waals surface area contributed by atoms with Gasteiger partial charge in [0.15, 0.2) is 5.17 Å². The largest absolute Gasteiger partial charge is 0.507 e. The summed E-state index contributed by atoms with van der Waals surface area (Å²) in [6.45, 7) is 0. The van der Waals surface area contributed by atoms with Crippen molar-refractivity contribution in [2.75, 3.05) is 0 Å². The molecule has 0 aromatic heterocycles. The first kappa shape index (κ1) is 16.3. The minimum atomic E-state index is -0.231. The Bertz CT molecular complexity index is 832. The van der Waals surface area contributed by atoms with Crippen LogP contribution in [0.1, 0.15) is 5.56 Å². The van der Waals surface area contributed by atoms with Gasteiger partial charge >= 0.3 is 0 Å². The van der Waals surface area contributed by atoms with Gasteiger partial charge in [-0.1, -0.05) is 31.9 Å². The van der Waals surface area contributed by atoms with E-state index >= 15 is 0 Å². The molecular weight excluding hydrogens is 444 g/mol. The molecule has 1 amide bonds. The van der Waals surface area contributed by atoms with Crippen LogP contribution in [0.3, 0.4) is 0 Å². The average molecular weight is 454 g/mol. The van der Waals surface area contributed by atoms with Gasteiger partial charge in [0.2, 0.25) is 0 Å². The second kappa shape index (κ2) is 6.90. The summed E-state index contributed by atoms with van der Waals surface area (Å²) in [5.41, 5.74) is 1.32. The van der Waals surface area contributed by atoms with Crippen molar-refractivity contribution in [2.45, 2.75) is 0 Å². The Kier molecular flexibility index (Phi) is 4.89. The highest BCUT2D eigenvalue weighted by molar-refractivity contribution is 9.10. The number of phenols is 1. The van der Waals surface area contributed by atoms with E-state index in [1.165, 1.54) is 11.8 Å². The first-order chi connectivity index (χ1) is 11.0. The maximum Gasteiger partial charge on any atom is 0.264 e. The molecule has 1 saturated heterocycles. The minimum Gasteiger partial charge on any atom is -0.507 e. The van der Waals surface area contributed by atoms with E-state index in [9.17, 15) is 9.90 Å². The van der Waals surface area contributed by atoms with Crippen molar-refractivity contribution in [3.05, 3.63) is 61.9 Å². The van der Waals surface area contributed by atoms with E-state index in [-0.39, 0.29) is 11.7 Å². The third-order valence-corrected chi connectivity index (χ3v) is 4.92. The van der Waals surface area contributed by atoms with E-state index in [2.05, 4.69) is 42.2 Å². The molecule has 1 aliphatic heterocycles. The molecule has 2 N–H and O–H groups in total. The fourth-order valence-electron chi connectivity index (χ4n) is 1.90. The lowest BCUT2D eigenvalue weighted by molar-refractivity contribution is -0.115. The normalized spacial score (nSPS) is 17.7. The van der Waals surface area contributed by atoms with Gasteiger partial charge in [0.25, 0.3) is 5.91 Å². The summed E-state index contributed by atoms with van der Waals surface area (Å²) in [4.78, 5) is 16.9. The van der Waals surface area contributed by atoms with Crippen molar-refractivity contribution >= 4 is 66.5 Å². The third kappa shape index (κ3) is 4.04. The lowest BCUT2D eigenvalue weighted by Gasteiger charge is -2.00. The van der Waals surface area contributed by atoms with E-state index in [4.69, 9.17) is 0 Å². The SMILES string of the molecule is O=C1NC(=Nc2ccc(Br)cc2)SC1=Cc1cc(Br)ccc1O. The third-order valence-electron chi connectivity index (χ3n) is 2.98. The molecule has 1 aliphatic rings.